The number of rotatable bonds is 6. The van der Waals surface area contributed by atoms with Crippen molar-refractivity contribution in [2.24, 2.45) is 5.73 Å². The zero-order valence-corrected chi connectivity index (χ0v) is 13.7. The van der Waals surface area contributed by atoms with Crippen LogP contribution in [0.25, 0.3) is 11.0 Å². The van der Waals surface area contributed by atoms with Crippen LogP contribution < -0.4 is 11.1 Å². The Kier molecular flexibility index (Phi) is 4.68. The number of furan rings is 1. The molecular weight excluding hydrogens is 292 g/mol. The summed E-state index contributed by atoms with van der Waals surface area (Å²) in [6.45, 7) is 4.92. The lowest BCUT2D eigenvalue weighted by molar-refractivity contribution is -0.128. The smallest absolute Gasteiger partial charge is 0.246 e. The van der Waals surface area contributed by atoms with Crippen LogP contribution in [-0.2, 0) is 16.0 Å². The van der Waals surface area contributed by atoms with Gasteiger partial charge in [0.05, 0.1) is 12.1 Å². The molecule has 1 aromatic heterocycles. The number of aryl methyl sites for hydroxylation is 1. The van der Waals surface area contributed by atoms with E-state index in [4.69, 9.17) is 14.9 Å². The quantitative estimate of drug-likeness (QED) is 0.859. The Bertz CT molecular complexity index is 695. The fourth-order valence-electron chi connectivity index (χ4n) is 3.30. The highest BCUT2D eigenvalue weighted by Gasteiger charge is 2.29. The van der Waals surface area contributed by atoms with Gasteiger partial charge in [0.15, 0.2) is 0 Å². The standard InChI is InChI=1S/C18H24N2O3/c1-3-13-14-6-4-5-7-15(14)23-17(13)11(2)20-10-12-8-9-16(22-12)18(19)21/h4-7,11-12,16,20H,3,8-10H2,1-2H3,(H2,19,21)/t11-,12+,16+/m0/s1. The molecule has 0 saturated carbocycles. The molecule has 1 amide bonds. The zero-order valence-electron chi connectivity index (χ0n) is 13.7. The SMILES string of the molecule is CCc1c([C@H](C)NC[C@H]2CC[C@H](C(N)=O)O2)oc2ccccc12. The number of carbonyl (C=O) groups excluding carboxylic acids is 1. The first-order valence-corrected chi connectivity index (χ1v) is 8.28. The Labute approximate surface area is 136 Å². The van der Waals surface area contributed by atoms with Crippen molar-refractivity contribution in [2.45, 2.75) is 51.4 Å². The number of ether oxygens (including phenoxy) is 1. The zero-order chi connectivity index (χ0) is 16.4. The molecule has 23 heavy (non-hydrogen) atoms. The number of nitrogens with one attached hydrogen (secondary N) is 1. The van der Waals surface area contributed by atoms with Crippen LogP contribution in [0.2, 0.25) is 0 Å². The van der Waals surface area contributed by atoms with Gasteiger partial charge in [-0.15, -0.1) is 0 Å². The number of hydrogen-bond acceptors (Lipinski definition) is 4. The van der Waals surface area contributed by atoms with Crippen molar-refractivity contribution in [2.75, 3.05) is 6.54 Å². The van der Waals surface area contributed by atoms with E-state index in [0.717, 1.165) is 24.2 Å². The van der Waals surface area contributed by atoms with E-state index >= 15 is 0 Å². The Hall–Kier alpha value is -1.85. The largest absolute Gasteiger partial charge is 0.459 e. The first kappa shape index (κ1) is 16.0. The number of para-hydroxylation sites is 1. The highest BCUT2D eigenvalue weighted by molar-refractivity contribution is 5.82. The number of fused-ring (bicyclic) bond motifs is 1. The molecule has 1 fully saturated rings. The average molecular weight is 316 g/mol. The first-order valence-electron chi connectivity index (χ1n) is 8.28. The molecule has 0 radical (unpaired) electrons. The Morgan fingerprint density at radius 1 is 1.39 bits per heavy atom. The lowest BCUT2D eigenvalue weighted by Crippen LogP contribution is -2.33. The third-order valence-corrected chi connectivity index (χ3v) is 4.55. The van der Waals surface area contributed by atoms with E-state index < -0.39 is 6.10 Å². The van der Waals surface area contributed by atoms with Gasteiger partial charge in [-0.05, 0) is 32.3 Å². The van der Waals surface area contributed by atoms with Crippen LogP contribution in [0, 0.1) is 0 Å². The number of amides is 1. The summed E-state index contributed by atoms with van der Waals surface area (Å²) < 4.78 is 11.7. The van der Waals surface area contributed by atoms with Gasteiger partial charge in [-0.1, -0.05) is 25.1 Å². The van der Waals surface area contributed by atoms with Crippen molar-refractivity contribution in [1.82, 2.24) is 5.32 Å². The number of hydrogen-bond donors (Lipinski definition) is 2. The second-order valence-corrected chi connectivity index (χ2v) is 6.15. The van der Waals surface area contributed by atoms with Crippen molar-refractivity contribution < 1.29 is 13.9 Å². The van der Waals surface area contributed by atoms with Crippen LogP contribution in [-0.4, -0.2) is 24.7 Å². The summed E-state index contributed by atoms with van der Waals surface area (Å²) in [6, 6.07) is 8.22. The van der Waals surface area contributed by atoms with Gasteiger partial charge in [0, 0.05) is 17.5 Å². The molecule has 3 N–H and O–H groups in total. The molecule has 1 aliphatic rings. The maximum Gasteiger partial charge on any atom is 0.246 e. The van der Waals surface area contributed by atoms with Crippen molar-refractivity contribution >= 4 is 16.9 Å². The first-order chi connectivity index (χ1) is 11.1. The lowest BCUT2D eigenvalue weighted by atomic mass is 10.0. The van der Waals surface area contributed by atoms with Gasteiger partial charge in [0.25, 0.3) is 0 Å². The number of benzene rings is 1. The molecule has 1 aliphatic heterocycles. The molecule has 3 rings (SSSR count). The summed E-state index contributed by atoms with van der Waals surface area (Å²) >= 11 is 0. The molecule has 1 saturated heterocycles. The Morgan fingerprint density at radius 2 is 2.17 bits per heavy atom. The van der Waals surface area contributed by atoms with E-state index in [-0.39, 0.29) is 18.1 Å². The predicted molar refractivity (Wildman–Crippen MR) is 89.1 cm³/mol. The summed E-state index contributed by atoms with van der Waals surface area (Å²) in [4.78, 5) is 11.2. The number of carbonyl (C=O) groups is 1. The summed E-state index contributed by atoms with van der Waals surface area (Å²) in [5, 5.41) is 4.65. The molecule has 5 nitrogen and oxygen atoms in total. The maximum absolute atomic E-state index is 11.2. The van der Waals surface area contributed by atoms with Gasteiger partial charge in [0.2, 0.25) is 5.91 Å². The minimum atomic E-state index is -0.436. The maximum atomic E-state index is 11.2. The van der Waals surface area contributed by atoms with Crippen LogP contribution in [0.5, 0.6) is 0 Å². The van der Waals surface area contributed by atoms with E-state index in [1.807, 2.05) is 18.2 Å². The third-order valence-electron chi connectivity index (χ3n) is 4.55. The summed E-state index contributed by atoms with van der Waals surface area (Å²) in [7, 11) is 0. The van der Waals surface area contributed by atoms with E-state index in [2.05, 4.69) is 25.2 Å². The molecule has 124 valence electrons. The van der Waals surface area contributed by atoms with Crippen molar-refractivity contribution in [3.05, 3.63) is 35.6 Å². The van der Waals surface area contributed by atoms with Crippen LogP contribution in [0.3, 0.4) is 0 Å². The molecule has 0 bridgehead atoms. The second kappa shape index (κ2) is 6.72. The molecule has 2 heterocycles. The van der Waals surface area contributed by atoms with Gasteiger partial charge in [-0.25, -0.2) is 0 Å². The van der Waals surface area contributed by atoms with Crippen LogP contribution in [0.4, 0.5) is 0 Å². The normalized spacial score (nSPS) is 22.5. The monoisotopic (exact) mass is 316 g/mol. The van der Waals surface area contributed by atoms with E-state index in [0.29, 0.717) is 13.0 Å². The molecule has 3 atom stereocenters. The van der Waals surface area contributed by atoms with E-state index in [1.165, 1.54) is 10.9 Å². The fourth-order valence-corrected chi connectivity index (χ4v) is 3.30. The highest BCUT2D eigenvalue weighted by Crippen LogP contribution is 2.30. The summed E-state index contributed by atoms with van der Waals surface area (Å²) in [5.74, 6) is 0.615. The van der Waals surface area contributed by atoms with Gasteiger partial charge in [-0.2, -0.15) is 0 Å². The minimum absolute atomic E-state index is 0.0319. The molecule has 5 heteroatoms. The number of nitrogens with two attached hydrogens (primary N) is 1. The molecule has 0 aliphatic carbocycles. The van der Waals surface area contributed by atoms with Crippen molar-refractivity contribution in [3.8, 4) is 0 Å². The summed E-state index contributed by atoms with van der Waals surface area (Å²) in [6.07, 6.45) is 2.09. The molecule has 2 aromatic rings. The highest BCUT2D eigenvalue weighted by atomic mass is 16.5. The van der Waals surface area contributed by atoms with Gasteiger partial charge in [-0.3, -0.25) is 4.79 Å². The van der Waals surface area contributed by atoms with Gasteiger partial charge in [0.1, 0.15) is 17.4 Å². The second-order valence-electron chi connectivity index (χ2n) is 6.15. The number of primary amides is 1. The predicted octanol–water partition coefficient (Wildman–Crippen LogP) is 2.68. The Balaban J connectivity index is 1.67. The lowest BCUT2D eigenvalue weighted by Gasteiger charge is -2.17. The summed E-state index contributed by atoms with van der Waals surface area (Å²) in [5.41, 5.74) is 7.47. The van der Waals surface area contributed by atoms with Crippen LogP contribution >= 0.6 is 0 Å². The van der Waals surface area contributed by atoms with Gasteiger partial charge >= 0.3 is 0 Å². The molecular formula is C18H24N2O3. The van der Waals surface area contributed by atoms with E-state index in [9.17, 15) is 4.79 Å². The molecule has 0 spiro atoms. The molecule has 0 unspecified atom stereocenters. The topological polar surface area (TPSA) is 77.5 Å². The average Bonchev–Trinajstić information content (AvgIpc) is 3.16. The van der Waals surface area contributed by atoms with Gasteiger partial charge < -0.3 is 20.2 Å². The van der Waals surface area contributed by atoms with Crippen LogP contribution in [0.15, 0.2) is 28.7 Å². The fraction of sp³-hybridized carbons (Fsp3) is 0.500. The van der Waals surface area contributed by atoms with Crippen molar-refractivity contribution in [1.29, 1.82) is 0 Å². The third kappa shape index (κ3) is 3.26. The molecule has 1 aromatic carbocycles. The minimum Gasteiger partial charge on any atom is -0.459 e. The van der Waals surface area contributed by atoms with E-state index in [1.54, 1.807) is 0 Å². The van der Waals surface area contributed by atoms with Crippen LogP contribution in [0.1, 0.15) is 44.1 Å². The van der Waals surface area contributed by atoms with Crippen molar-refractivity contribution in [3.63, 3.8) is 0 Å². The Morgan fingerprint density at radius 3 is 2.87 bits per heavy atom.